The molecule has 0 bridgehead atoms. The van der Waals surface area contributed by atoms with Gasteiger partial charge in [0.1, 0.15) is 5.75 Å². The van der Waals surface area contributed by atoms with E-state index < -0.39 is 29.2 Å². The molecule has 1 rings (SSSR count). The van der Waals surface area contributed by atoms with Crippen molar-refractivity contribution in [3.8, 4) is 5.75 Å². The minimum atomic E-state index is -4.62. The summed E-state index contributed by atoms with van der Waals surface area (Å²) in [6.07, 6.45) is -6.15. The Morgan fingerprint density at radius 2 is 1.93 bits per heavy atom. The van der Waals surface area contributed by atoms with Gasteiger partial charge < -0.3 is 15.9 Å². The normalized spacial score (nSPS) is 13.9. The zero-order chi connectivity index (χ0) is 11.6. The van der Waals surface area contributed by atoms with Gasteiger partial charge in [-0.1, -0.05) is 6.07 Å². The van der Waals surface area contributed by atoms with E-state index in [0.29, 0.717) is 0 Å². The lowest BCUT2D eigenvalue weighted by Gasteiger charge is -2.17. The molecular weight excluding hydrogens is 211 g/mol. The Kier molecular flexibility index (Phi) is 3.21. The van der Waals surface area contributed by atoms with E-state index in [9.17, 15) is 23.4 Å². The van der Waals surface area contributed by atoms with Crippen molar-refractivity contribution in [1.82, 2.24) is 0 Å². The van der Waals surface area contributed by atoms with Crippen LogP contribution < -0.4 is 5.73 Å². The molecule has 6 heteroatoms. The van der Waals surface area contributed by atoms with E-state index >= 15 is 0 Å². The summed E-state index contributed by atoms with van der Waals surface area (Å²) in [6.45, 7) is -0.388. The van der Waals surface area contributed by atoms with Crippen LogP contribution in [0.25, 0.3) is 0 Å². The standard InChI is InChI=1S/C9H10F3NO2/c10-9(11,12)5-2-1-3-6(14)8(5)7(15)4-13/h1-3,7,14-15H,4,13H2. The third-order valence-corrected chi connectivity index (χ3v) is 1.94. The molecule has 1 aromatic carbocycles. The lowest BCUT2D eigenvalue weighted by atomic mass is 10.0. The summed E-state index contributed by atoms with van der Waals surface area (Å²) in [6, 6.07) is 2.92. The van der Waals surface area contributed by atoms with E-state index in [-0.39, 0.29) is 6.54 Å². The van der Waals surface area contributed by atoms with Gasteiger partial charge in [-0.2, -0.15) is 13.2 Å². The zero-order valence-corrected chi connectivity index (χ0v) is 7.62. The van der Waals surface area contributed by atoms with Crippen LogP contribution in [-0.2, 0) is 6.18 Å². The Morgan fingerprint density at radius 1 is 1.33 bits per heavy atom. The number of hydrogen-bond acceptors (Lipinski definition) is 3. The molecule has 0 aliphatic heterocycles. The van der Waals surface area contributed by atoms with Gasteiger partial charge in [0, 0.05) is 12.1 Å². The smallest absolute Gasteiger partial charge is 0.416 e. The number of phenolic OH excluding ortho intramolecular Hbond substituents is 1. The highest BCUT2D eigenvalue weighted by Gasteiger charge is 2.36. The van der Waals surface area contributed by atoms with Crippen molar-refractivity contribution in [2.24, 2.45) is 5.73 Å². The van der Waals surface area contributed by atoms with Gasteiger partial charge in [0.2, 0.25) is 0 Å². The predicted molar refractivity (Wildman–Crippen MR) is 47.1 cm³/mol. The molecule has 15 heavy (non-hydrogen) atoms. The van der Waals surface area contributed by atoms with Crippen LogP contribution in [0.2, 0.25) is 0 Å². The Balaban J connectivity index is 3.33. The maximum Gasteiger partial charge on any atom is 0.416 e. The van der Waals surface area contributed by atoms with Crippen LogP contribution in [0.15, 0.2) is 18.2 Å². The maximum atomic E-state index is 12.5. The molecule has 1 unspecified atom stereocenters. The summed E-state index contributed by atoms with van der Waals surface area (Å²) in [5.41, 5.74) is 3.41. The third kappa shape index (κ3) is 2.40. The van der Waals surface area contributed by atoms with Crippen molar-refractivity contribution in [2.75, 3.05) is 6.54 Å². The van der Waals surface area contributed by atoms with Crippen molar-refractivity contribution in [3.63, 3.8) is 0 Å². The summed E-state index contributed by atoms with van der Waals surface area (Å²) in [7, 11) is 0. The molecule has 0 saturated carbocycles. The quantitative estimate of drug-likeness (QED) is 0.707. The molecule has 0 radical (unpaired) electrons. The first kappa shape index (κ1) is 11.8. The van der Waals surface area contributed by atoms with Gasteiger partial charge in [0.15, 0.2) is 0 Å². The largest absolute Gasteiger partial charge is 0.508 e. The number of nitrogens with two attached hydrogens (primary N) is 1. The molecule has 0 heterocycles. The number of phenols is 1. The van der Waals surface area contributed by atoms with Gasteiger partial charge >= 0.3 is 6.18 Å². The molecule has 4 N–H and O–H groups in total. The van der Waals surface area contributed by atoms with Crippen LogP contribution in [0.3, 0.4) is 0 Å². The maximum absolute atomic E-state index is 12.5. The molecular formula is C9H10F3NO2. The predicted octanol–water partition coefficient (Wildman–Crippen LogP) is 1.40. The van der Waals surface area contributed by atoms with E-state index in [1.54, 1.807) is 0 Å². The number of benzene rings is 1. The fourth-order valence-electron chi connectivity index (χ4n) is 1.27. The fraction of sp³-hybridized carbons (Fsp3) is 0.333. The summed E-state index contributed by atoms with van der Waals surface area (Å²) >= 11 is 0. The number of alkyl halides is 3. The number of halogens is 3. The Bertz CT molecular complexity index is 352. The first-order chi connectivity index (χ1) is 6.88. The number of rotatable bonds is 2. The molecule has 0 spiro atoms. The lowest BCUT2D eigenvalue weighted by molar-refractivity contribution is -0.139. The van der Waals surface area contributed by atoms with Crippen LogP contribution >= 0.6 is 0 Å². The van der Waals surface area contributed by atoms with Crippen molar-refractivity contribution in [2.45, 2.75) is 12.3 Å². The number of aromatic hydroxyl groups is 1. The summed E-state index contributed by atoms with van der Waals surface area (Å²) in [5, 5.41) is 18.5. The van der Waals surface area contributed by atoms with Crippen LogP contribution in [-0.4, -0.2) is 16.8 Å². The molecule has 0 aliphatic carbocycles. The Morgan fingerprint density at radius 3 is 2.40 bits per heavy atom. The van der Waals surface area contributed by atoms with Crippen molar-refractivity contribution >= 4 is 0 Å². The molecule has 84 valence electrons. The van der Waals surface area contributed by atoms with Gasteiger partial charge in [-0.15, -0.1) is 0 Å². The molecule has 0 amide bonds. The first-order valence-corrected chi connectivity index (χ1v) is 4.15. The second-order valence-corrected chi connectivity index (χ2v) is 2.99. The summed E-state index contributed by atoms with van der Waals surface area (Å²) in [4.78, 5) is 0. The highest BCUT2D eigenvalue weighted by atomic mass is 19.4. The second-order valence-electron chi connectivity index (χ2n) is 2.99. The molecule has 1 aromatic rings. The zero-order valence-electron chi connectivity index (χ0n) is 7.62. The highest BCUT2D eigenvalue weighted by molar-refractivity contribution is 5.42. The minimum Gasteiger partial charge on any atom is -0.508 e. The fourth-order valence-corrected chi connectivity index (χ4v) is 1.27. The van der Waals surface area contributed by atoms with Gasteiger partial charge in [-0.25, -0.2) is 0 Å². The van der Waals surface area contributed by atoms with Gasteiger partial charge in [-0.05, 0) is 12.1 Å². The van der Waals surface area contributed by atoms with E-state index in [4.69, 9.17) is 5.73 Å². The van der Waals surface area contributed by atoms with Gasteiger partial charge in [0.25, 0.3) is 0 Å². The highest BCUT2D eigenvalue weighted by Crippen LogP contribution is 2.38. The molecule has 0 fully saturated rings. The van der Waals surface area contributed by atoms with E-state index in [1.165, 1.54) is 0 Å². The molecule has 3 nitrogen and oxygen atoms in total. The SMILES string of the molecule is NCC(O)c1c(O)cccc1C(F)(F)F. The number of hydrogen-bond donors (Lipinski definition) is 3. The van der Waals surface area contributed by atoms with Crippen LogP contribution in [0.5, 0.6) is 5.75 Å². The summed E-state index contributed by atoms with van der Waals surface area (Å²) < 4.78 is 37.4. The van der Waals surface area contributed by atoms with Crippen molar-refractivity contribution < 1.29 is 23.4 Å². The van der Waals surface area contributed by atoms with Crippen LogP contribution in [0.4, 0.5) is 13.2 Å². The van der Waals surface area contributed by atoms with Crippen LogP contribution in [0.1, 0.15) is 17.2 Å². The minimum absolute atomic E-state index is 0.388. The Labute approximate surface area is 84.0 Å². The average molecular weight is 221 g/mol. The second kappa shape index (κ2) is 4.08. The van der Waals surface area contributed by atoms with Gasteiger partial charge in [-0.3, -0.25) is 0 Å². The van der Waals surface area contributed by atoms with Crippen molar-refractivity contribution in [3.05, 3.63) is 29.3 Å². The molecule has 0 aliphatic rings. The Hall–Kier alpha value is -1.27. The van der Waals surface area contributed by atoms with Crippen LogP contribution in [0, 0.1) is 0 Å². The molecule has 0 saturated heterocycles. The average Bonchev–Trinajstić information content (AvgIpc) is 2.15. The monoisotopic (exact) mass is 221 g/mol. The third-order valence-electron chi connectivity index (χ3n) is 1.94. The van der Waals surface area contributed by atoms with Gasteiger partial charge in [0.05, 0.1) is 11.7 Å². The number of aliphatic hydroxyl groups excluding tert-OH is 1. The first-order valence-electron chi connectivity index (χ1n) is 4.15. The van der Waals surface area contributed by atoms with Crippen molar-refractivity contribution in [1.29, 1.82) is 0 Å². The summed E-state index contributed by atoms with van der Waals surface area (Å²) in [5.74, 6) is -0.609. The lowest BCUT2D eigenvalue weighted by Crippen LogP contribution is -2.17. The molecule has 1 atom stereocenters. The molecule has 0 aromatic heterocycles. The van der Waals surface area contributed by atoms with E-state index in [1.807, 2.05) is 0 Å². The number of aliphatic hydroxyl groups is 1. The van der Waals surface area contributed by atoms with E-state index in [2.05, 4.69) is 0 Å². The van der Waals surface area contributed by atoms with E-state index in [0.717, 1.165) is 18.2 Å². The topological polar surface area (TPSA) is 66.5 Å².